The van der Waals surface area contributed by atoms with Crippen molar-refractivity contribution in [1.82, 2.24) is 10.6 Å². The van der Waals surface area contributed by atoms with Crippen molar-refractivity contribution in [2.45, 2.75) is 45.1 Å². The van der Waals surface area contributed by atoms with Gasteiger partial charge >= 0.3 is 12.0 Å². The molecule has 0 aromatic rings. The minimum absolute atomic E-state index is 0.0591. The van der Waals surface area contributed by atoms with Crippen LogP contribution >= 0.6 is 0 Å². The highest BCUT2D eigenvalue weighted by atomic mass is 16.4. The zero-order chi connectivity index (χ0) is 13.1. The molecular weight excluding hydrogens is 220 g/mol. The predicted molar refractivity (Wildman–Crippen MR) is 65.6 cm³/mol. The Morgan fingerprint density at radius 1 is 1.41 bits per heavy atom. The lowest BCUT2D eigenvalue weighted by atomic mass is 10.2. The van der Waals surface area contributed by atoms with E-state index in [0.29, 0.717) is 13.0 Å². The Kier molecular flexibility index (Phi) is 8.57. The number of unbranched alkanes of at least 4 members (excludes halogenated alkanes) is 2. The Morgan fingerprint density at radius 2 is 2.12 bits per heavy atom. The number of nitrogens with one attached hydrogen (secondary N) is 2. The molecule has 0 fully saturated rings. The number of aliphatic carboxylic acids is 1. The number of terminal acetylenes is 1. The highest BCUT2D eigenvalue weighted by Crippen LogP contribution is 1.96. The zero-order valence-electron chi connectivity index (χ0n) is 10.2. The molecule has 0 aliphatic rings. The van der Waals surface area contributed by atoms with Crippen LogP contribution in [0, 0.1) is 12.3 Å². The summed E-state index contributed by atoms with van der Waals surface area (Å²) >= 11 is 0. The molecule has 17 heavy (non-hydrogen) atoms. The maximum atomic E-state index is 11.3. The van der Waals surface area contributed by atoms with E-state index >= 15 is 0 Å². The third-order valence-corrected chi connectivity index (χ3v) is 2.20. The second-order valence-electron chi connectivity index (χ2n) is 3.89. The number of urea groups is 1. The van der Waals surface area contributed by atoms with Gasteiger partial charge in [-0.15, -0.1) is 12.3 Å². The summed E-state index contributed by atoms with van der Waals surface area (Å²) < 4.78 is 0. The number of hydrogen-bond donors (Lipinski definition) is 3. The Labute approximate surface area is 102 Å². The van der Waals surface area contributed by atoms with E-state index in [4.69, 9.17) is 11.5 Å². The molecule has 0 radical (unpaired) electrons. The average Bonchev–Trinajstić information content (AvgIpc) is 2.26. The SMILES string of the molecule is C#CCCCCNC(=O)NC(C)CCC(=O)O. The van der Waals surface area contributed by atoms with Crippen LogP contribution in [0.15, 0.2) is 0 Å². The number of carboxylic acids is 1. The van der Waals surface area contributed by atoms with Crippen LogP contribution in [-0.2, 0) is 4.79 Å². The van der Waals surface area contributed by atoms with Crippen molar-refractivity contribution in [3.05, 3.63) is 0 Å². The van der Waals surface area contributed by atoms with E-state index < -0.39 is 5.97 Å². The summed E-state index contributed by atoms with van der Waals surface area (Å²) in [7, 11) is 0. The third kappa shape index (κ3) is 10.6. The van der Waals surface area contributed by atoms with E-state index in [9.17, 15) is 9.59 Å². The van der Waals surface area contributed by atoms with E-state index in [2.05, 4.69) is 16.6 Å². The van der Waals surface area contributed by atoms with Crippen molar-refractivity contribution >= 4 is 12.0 Å². The summed E-state index contributed by atoms with van der Waals surface area (Å²) in [5.74, 6) is 1.68. The van der Waals surface area contributed by atoms with Gasteiger partial charge in [0, 0.05) is 25.4 Å². The van der Waals surface area contributed by atoms with Gasteiger partial charge in [-0.2, -0.15) is 0 Å². The number of carbonyl (C=O) groups is 2. The summed E-state index contributed by atoms with van der Waals surface area (Å²) in [6.45, 7) is 2.36. The maximum absolute atomic E-state index is 11.3. The molecule has 0 bridgehead atoms. The summed E-state index contributed by atoms with van der Waals surface area (Å²) in [4.78, 5) is 21.6. The van der Waals surface area contributed by atoms with E-state index in [-0.39, 0.29) is 18.5 Å². The molecule has 0 spiro atoms. The van der Waals surface area contributed by atoms with Gasteiger partial charge in [0.2, 0.25) is 0 Å². The first-order valence-electron chi connectivity index (χ1n) is 5.76. The fraction of sp³-hybridized carbons (Fsp3) is 0.667. The topological polar surface area (TPSA) is 78.4 Å². The quantitative estimate of drug-likeness (QED) is 0.442. The van der Waals surface area contributed by atoms with Gasteiger partial charge in [-0.3, -0.25) is 4.79 Å². The van der Waals surface area contributed by atoms with E-state index in [1.165, 1.54) is 0 Å². The van der Waals surface area contributed by atoms with Gasteiger partial charge in [0.25, 0.3) is 0 Å². The molecule has 0 heterocycles. The van der Waals surface area contributed by atoms with Crippen LogP contribution in [0.3, 0.4) is 0 Å². The molecular formula is C12H20N2O3. The summed E-state index contributed by atoms with van der Waals surface area (Å²) in [6, 6.07) is -0.402. The molecule has 0 saturated heterocycles. The smallest absolute Gasteiger partial charge is 0.314 e. The summed E-state index contributed by atoms with van der Waals surface area (Å²) in [5.41, 5.74) is 0. The van der Waals surface area contributed by atoms with Crippen molar-refractivity contribution in [2.24, 2.45) is 0 Å². The van der Waals surface area contributed by atoms with Crippen LogP contribution in [0.4, 0.5) is 4.79 Å². The monoisotopic (exact) mass is 240 g/mol. The molecule has 5 heteroatoms. The lowest BCUT2D eigenvalue weighted by Gasteiger charge is -2.13. The average molecular weight is 240 g/mol. The molecule has 1 atom stereocenters. The first-order valence-corrected chi connectivity index (χ1v) is 5.76. The molecule has 1 unspecified atom stereocenters. The first-order chi connectivity index (χ1) is 8.06. The van der Waals surface area contributed by atoms with Crippen LogP contribution in [0.2, 0.25) is 0 Å². The highest BCUT2D eigenvalue weighted by Gasteiger charge is 2.08. The van der Waals surface area contributed by atoms with Gasteiger partial charge in [0.05, 0.1) is 0 Å². The fourth-order valence-electron chi connectivity index (χ4n) is 1.24. The standard InChI is InChI=1S/C12H20N2O3/c1-3-4-5-6-9-13-12(17)14-10(2)7-8-11(15)16/h1,10H,4-9H2,2H3,(H,15,16)(H2,13,14,17). The van der Waals surface area contributed by atoms with Crippen LogP contribution < -0.4 is 10.6 Å². The molecule has 0 rings (SSSR count). The van der Waals surface area contributed by atoms with Crippen LogP contribution in [0.1, 0.15) is 39.0 Å². The van der Waals surface area contributed by atoms with Crippen molar-refractivity contribution in [3.8, 4) is 12.3 Å². The Morgan fingerprint density at radius 3 is 2.71 bits per heavy atom. The summed E-state index contributed by atoms with van der Waals surface area (Å²) in [5, 5.41) is 13.8. The predicted octanol–water partition coefficient (Wildman–Crippen LogP) is 1.34. The Bertz CT molecular complexity index is 284. The molecule has 0 aromatic carbocycles. The van der Waals surface area contributed by atoms with Crippen molar-refractivity contribution in [1.29, 1.82) is 0 Å². The molecule has 0 aromatic heterocycles. The third-order valence-electron chi connectivity index (χ3n) is 2.20. The van der Waals surface area contributed by atoms with Gasteiger partial charge in [0.1, 0.15) is 0 Å². The van der Waals surface area contributed by atoms with Crippen molar-refractivity contribution in [2.75, 3.05) is 6.54 Å². The fourth-order valence-corrected chi connectivity index (χ4v) is 1.24. The molecule has 0 aliphatic heterocycles. The number of carbonyl (C=O) groups excluding carboxylic acids is 1. The molecule has 0 saturated carbocycles. The number of rotatable bonds is 8. The van der Waals surface area contributed by atoms with Crippen LogP contribution in [0.25, 0.3) is 0 Å². The van der Waals surface area contributed by atoms with Gasteiger partial charge in [-0.05, 0) is 26.2 Å². The van der Waals surface area contributed by atoms with Crippen molar-refractivity contribution in [3.63, 3.8) is 0 Å². The summed E-state index contributed by atoms with van der Waals surface area (Å²) in [6.07, 6.45) is 8.05. The van der Waals surface area contributed by atoms with E-state index in [1.807, 2.05) is 0 Å². The number of hydrogen-bond acceptors (Lipinski definition) is 2. The number of amides is 2. The second-order valence-corrected chi connectivity index (χ2v) is 3.89. The Hall–Kier alpha value is -1.70. The van der Waals surface area contributed by atoms with Gasteiger partial charge in [0.15, 0.2) is 0 Å². The normalized spacial score (nSPS) is 11.3. The highest BCUT2D eigenvalue weighted by molar-refractivity contribution is 5.74. The van der Waals surface area contributed by atoms with Crippen LogP contribution in [0.5, 0.6) is 0 Å². The second kappa shape index (κ2) is 9.52. The largest absolute Gasteiger partial charge is 0.481 e. The van der Waals surface area contributed by atoms with Gasteiger partial charge < -0.3 is 15.7 Å². The van der Waals surface area contributed by atoms with Gasteiger partial charge in [-0.1, -0.05) is 0 Å². The molecule has 2 amide bonds. The Balaban J connectivity index is 3.51. The molecule has 3 N–H and O–H groups in total. The van der Waals surface area contributed by atoms with E-state index in [1.54, 1.807) is 6.92 Å². The van der Waals surface area contributed by atoms with Gasteiger partial charge in [-0.25, -0.2) is 4.79 Å². The maximum Gasteiger partial charge on any atom is 0.314 e. The van der Waals surface area contributed by atoms with Crippen molar-refractivity contribution < 1.29 is 14.7 Å². The lowest BCUT2D eigenvalue weighted by Crippen LogP contribution is -2.41. The molecule has 0 aliphatic carbocycles. The van der Waals surface area contributed by atoms with E-state index in [0.717, 1.165) is 19.3 Å². The minimum atomic E-state index is -0.853. The first kappa shape index (κ1) is 15.3. The minimum Gasteiger partial charge on any atom is -0.481 e. The van der Waals surface area contributed by atoms with Crippen LogP contribution in [-0.4, -0.2) is 29.7 Å². The number of carboxylic acid groups (broad SMARTS) is 1. The lowest BCUT2D eigenvalue weighted by molar-refractivity contribution is -0.137. The molecule has 96 valence electrons. The zero-order valence-corrected chi connectivity index (χ0v) is 10.2. The molecule has 5 nitrogen and oxygen atoms in total.